The highest BCUT2D eigenvalue weighted by molar-refractivity contribution is 9.10. The molecule has 4 atom stereocenters. The van der Waals surface area contributed by atoms with E-state index in [0.29, 0.717) is 57.6 Å². The Morgan fingerprint density at radius 3 is 2.82 bits per heavy atom. The predicted molar refractivity (Wildman–Crippen MR) is 131 cm³/mol. The van der Waals surface area contributed by atoms with Crippen molar-refractivity contribution < 1.29 is 18.4 Å². The summed E-state index contributed by atoms with van der Waals surface area (Å²) >= 11 is 9.79. The second kappa shape index (κ2) is 8.59. The van der Waals surface area contributed by atoms with Crippen LogP contribution in [-0.2, 0) is 4.79 Å². The van der Waals surface area contributed by atoms with Gasteiger partial charge in [0.25, 0.3) is 5.91 Å². The largest absolute Gasteiger partial charge is 0.341 e. The molecule has 2 amide bonds. The average molecular weight is 552 g/mol. The van der Waals surface area contributed by atoms with Crippen molar-refractivity contribution in [2.75, 3.05) is 5.32 Å². The highest BCUT2D eigenvalue weighted by Gasteiger charge is 2.53. The number of rotatable bonds is 4. The van der Waals surface area contributed by atoms with Gasteiger partial charge in [0.05, 0.1) is 11.5 Å². The lowest BCUT2D eigenvalue weighted by Gasteiger charge is -2.49. The van der Waals surface area contributed by atoms with Gasteiger partial charge in [-0.3, -0.25) is 9.59 Å². The molecule has 0 radical (unpaired) electrons. The number of alkyl halides is 1. The van der Waals surface area contributed by atoms with E-state index in [4.69, 9.17) is 11.6 Å². The number of hydrogen-bond acceptors (Lipinski definition) is 2. The minimum Gasteiger partial charge on any atom is -0.341 e. The first kappa shape index (κ1) is 23.7. The fourth-order valence-corrected chi connectivity index (χ4v) is 7.01. The van der Waals surface area contributed by atoms with Crippen molar-refractivity contribution in [1.29, 1.82) is 0 Å². The summed E-state index contributed by atoms with van der Waals surface area (Å²) < 4.78 is 30.3. The van der Waals surface area contributed by atoms with E-state index in [0.717, 1.165) is 12.8 Å². The molecule has 0 spiro atoms. The normalized spacial score (nSPS) is 30.0. The fraction of sp³-hybridized carbons (Fsp3) is 0.462. The Bertz CT molecular complexity index is 1190. The molecule has 2 saturated carbocycles. The molecule has 4 nitrogen and oxygen atoms in total. The van der Waals surface area contributed by atoms with E-state index in [1.54, 1.807) is 12.1 Å². The molecule has 180 valence electrons. The second-order valence-corrected chi connectivity index (χ2v) is 11.4. The fourth-order valence-electron chi connectivity index (χ4n) is 6.32. The van der Waals surface area contributed by atoms with Crippen molar-refractivity contribution in [2.45, 2.75) is 63.6 Å². The van der Waals surface area contributed by atoms with Crippen LogP contribution in [0.5, 0.6) is 0 Å². The SMILES string of the molecule is CCC1(C(=O)Nc2cc(Br)cc3c2C(c2cc(F)ccc2Cl)NC3=O)CC2CCCC(F)(C2)C1. The van der Waals surface area contributed by atoms with Crippen LogP contribution in [0.1, 0.15) is 79.4 Å². The topological polar surface area (TPSA) is 58.2 Å². The molecular weight excluding hydrogens is 526 g/mol. The van der Waals surface area contributed by atoms with Crippen LogP contribution in [-0.4, -0.2) is 17.5 Å². The Balaban J connectivity index is 1.54. The van der Waals surface area contributed by atoms with Crippen molar-refractivity contribution in [1.82, 2.24) is 5.32 Å². The number of anilines is 1. The predicted octanol–water partition coefficient (Wildman–Crippen LogP) is 7.10. The van der Waals surface area contributed by atoms with Gasteiger partial charge in [0.2, 0.25) is 5.91 Å². The lowest BCUT2D eigenvalue weighted by molar-refractivity contribution is -0.136. The number of fused-ring (bicyclic) bond motifs is 3. The summed E-state index contributed by atoms with van der Waals surface area (Å²) in [7, 11) is 0. The van der Waals surface area contributed by atoms with E-state index in [-0.39, 0.29) is 24.2 Å². The van der Waals surface area contributed by atoms with Crippen LogP contribution in [0.2, 0.25) is 5.02 Å². The van der Waals surface area contributed by atoms with Crippen LogP contribution in [0, 0.1) is 17.2 Å². The summed E-state index contributed by atoms with van der Waals surface area (Å²) in [6.45, 7) is 1.94. The van der Waals surface area contributed by atoms with E-state index < -0.39 is 22.9 Å². The Kier molecular flexibility index (Phi) is 6.00. The van der Waals surface area contributed by atoms with Crippen molar-refractivity contribution in [3.05, 3.63) is 62.3 Å². The molecule has 4 unspecified atom stereocenters. The molecular formula is C26H26BrClF2N2O2. The van der Waals surface area contributed by atoms with Crippen LogP contribution >= 0.6 is 27.5 Å². The molecule has 2 fully saturated rings. The van der Waals surface area contributed by atoms with Gasteiger partial charge < -0.3 is 10.6 Å². The second-order valence-electron chi connectivity index (χ2n) is 10.1. The van der Waals surface area contributed by atoms with Crippen LogP contribution < -0.4 is 10.6 Å². The zero-order chi connectivity index (χ0) is 24.3. The summed E-state index contributed by atoms with van der Waals surface area (Å²) in [6.07, 6.45) is 4.26. The first-order chi connectivity index (χ1) is 16.1. The van der Waals surface area contributed by atoms with Gasteiger partial charge in [-0.15, -0.1) is 0 Å². The lowest BCUT2D eigenvalue weighted by Crippen LogP contribution is -2.50. The Morgan fingerprint density at radius 1 is 1.29 bits per heavy atom. The van der Waals surface area contributed by atoms with Crippen molar-refractivity contribution >= 4 is 45.0 Å². The molecule has 2 bridgehead atoms. The molecule has 5 rings (SSSR count). The number of halogens is 4. The molecule has 0 aromatic heterocycles. The van der Waals surface area contributed by atoms with Gasteiger partial charge in [-0.2, -0.15) is 0 Å². The van der Waals surface area contributed by atoms with Crippen molar-refractivity contribution in [3.8, 4) is 0 Å². The number of carbonyl (C=O) groups excluding carboxylic acids is 2. The molecule has 8 heteroatoms. The molecule has 3 aliphatic rings. The summed E-state index contributed by atoms with van der Waals surface area (Å²) in [5.41, 5.74) is -0.353. The quantitative estimate of drug-likeness (QED) is 0.426. The highest BCUT2D eigenvalue weighted by atomic mass is 79.9. The van der Waals surface area contributed by atoms with Crippen LogP contribution in [0.3, 0.4) is 0 Å². The third kappa shape index (κ3) is 4.05. The number of hydrogen-bond donors (Lipinski definition) is 2. The van der Waals surface area contributed by atoms with Gasteiger partial charge in [0.1, 0.15) is 11.5 Å². The van der Waals surface area contributed by atoms with E-state index in [1.807, 2.05) is 6.92 Å². The maximum Gasteiger partial charge on any atom is 0.252 e. The molecule has 34 heavy (non-hydrogen) atoms. The minimum absolute atomic E-state index is 0.202. The number of nitrogens with one attached hydrogen (secondary N) is 2. The van der Waals surface area contributed by atoms with Gasteiger partial charge >= 0.3 is 0 Å². The zero-order valence-electron chi connectivity index (χ0n) is 18.8. The zero-order valence-corrected chi connectivity index (χ0v) is 21.2. The summed E-state index contributed by atoms with van der Waals surface area (Å²) in [4.78, 5) is 26.6. The molecule has 2 aromatic carbocycles. The van der Waals surface area contributed by atoms with E-state index in [2.05, 4.69) is 26.6 Å². The van der Waals surface area contributed by atoms with Crippen LogP contribution in [0.25, 0.3) is 0 Å². The maximum atomic E-state index is 15.6. The monoisotopic (exact) mass is 550 g/mol. The van der Waals surface area contributed by atoms with Crippen molar-refractivity contribution in [2.24, 2.45) is 11.3 Å². The van der Waals surface area contributed by atoms with E-state index >= 15 is 4.39 Å². The summed E-state index contributed by atoms with van der Waals surface area (Å²) in [5.74, 6) is -0.838. The molecule has 1 aliphatic heterocycles. The third-order valence-electron chi connectivity index (χ3n) is 7.86. The van der Waals surface area contributed by atoms with Gasteiger partial charge in [0.15, 0.2) is 0 Å². The Morgan fingerprint density at radius 2 is 2.09 bits per heavy atom. The first-order valence-corrected chi connectivity index (χ1v) is 12.9. The highest BCUT2D eigenvalue weighted by Crippen LogP contribution is 2.55. The maximum absolute atomic E-state index is 15.6. The van der Waals surface area contributed by atoms with E-state index in [9.17, 15) is 14.0 Å². The number of carbonyl (C=O) groups is 2. The first-order valence-electron chi connectivity index (χ1n) is 11.7. The van der Waals surface area contributed by atoms with Crippen LogP contribution in [0.15, 0.2) is 34.8 Å². The standard InChI is InChI=1S/C26H26BrClF2N2O2/c1-2-25(11-14-4-3-7-26(30,12-14)13-25)24(34)31-20-9-15(27)8-18-21(20)22(32-23(18)33)17-10-16(29)5-6-19(17)28/h5-6,8-10,14,22H,2-4,7,11-13H2,1H3,(H,31,34)(H,32,33). The van der Waals surface area contributed by atoms with Crippen LogP contribution in [0.4, 0.5) is 14.5 Å². The number of benzene rings is 2. The van der Waals surface area contributed by atoms with Gasteiger partial charge in [0, 0.05) is 31.9 Å². The van der Waals surface area contributed by atoms with Gasteiger partial charge in [-0.1, -0.05) is 40.9 Å². The summed E-state index contributed by atoms with van der Waals surface area (Å²) in [6, 6.07) is 6.68. The molecule has 2 aromatic rings. The molecule has 2 aliphatic carbocycles. The van der Waals surface area contributed by atoms with E-state index in [1.165, 1.54) is 18.2 Å². The Labute approximate surface area is 211 Å². The molecule has 0 saturated heterocycles. The third-order valence-corrected chi connectivity index (χ3v) is 8.66. The molecule has 1 heterocycles. The lowest BCUT2D eigenvalue weighted by atomic mass is 9.58. The van der Waals surface area contributed by atoms with Gasteiger partial charge in [-0.25, -0.2) is 8.78 Å². The summed E-state index contributed by atoms with van der Waals surface area (Å²) in [5, 5.41) is 6.21. The smallest absolute Gasteiger partial charge is 0.252 e. The Hall–Kier alpha value is -1.99. The minimum atomic E-state index is -1.30. The average Bonchev–Trinajstić information content (AvgIpc) is 3.10. The van der Waals surface area contributed by atoms with Crippen molar-refractivity contribution in [3.63, 3.8) is 0 Å². The number of amides is 2. The van der Waals surface area contributed by atoms with Gasteiger partial charge in [-0.05, 0) is 74.8 Å². The molecule has 2 N–H and O–H groups in total.